The topological polar surface area (TPSA) is 97.0 Å². The zero-order chi connectivity index (χ0) is 21.2. The molecule has 0 saturated carbocycles. The van der Waals surface area contributed by atoms with Crippen LogP contribution in [0.3, 0.4) is 0 Å². The molecule has 0 heterocycles. The van der Waals surface area contributed by atoms with Gasteiger partial charge in [0, 0.05) is 44.0 Å². The van der Waals surface area contributed by atoms with Gasteiger partial charge in [0.25, 0.3) is 11.8 Å². The van der Waals surface area contributed by atoms with Crippen LogP contribution in [0, 0.1) is 0 Å². The first-order valence-corrected chi connectivity index (χ1v) is 9.19. The van der Waals surface area contributed by atoms with Gasteiger partial charge in [0.05, 0.1) is 6.61 Å². The van der Waals surface area contributed by atoms with Gasteiger partial charge < -0.3 is 25.0 Å². The Bertz CT molecular complexity index is 832. The molecule has 0 atom stereocenters. The fourth-order valence-corrected chi connectivity index (χ4v) is 2.39. The van der Waals surface area contributed by atoms with E-state index in [4.69, 9.17) is 4.74 Å². The van der Waals surface area contributed by atoms with E-state index in [-0.39, 0.29) is 30.7 Å². The van der Waals surface area contributed by atoms with Gasteiger partial charge in [-0.25, -0.2) is 4.79 Å². The molecule has 0 spiro atoms. The van der Waals surface area contributed by atoms with Crippen molar-refractivity contribution in [2.45, 2.75) is 6.92 Å². The first-order chi connectivity index (χ1) is 13.9. The van der Waals surface area contributed by atoms with Crippen molar-refractivity contribution in [2.24, 2.45) is 0 Å². The number of nitrogens with one attached hydrogen (secondary N) is 2. The summed E-state index contributed by atoms with van der Waals surface area (Å²) >= 11 is 0. The molecule has 2 amide bonds. The Morgan fingerprint density at radius 1 is 0.828 bits per heavy atom. The molecule has 2 rings (SSSR count). The molecule has 0 unspecified atom stereocenters. The highest BCUT2D eigenvalue weighted by molar-refractivity contribution is 5.95. The summed E-state index contributed by atoms with van der Waals surface area (Å²) in [5.74, 6) is -0.213. The second-order valence-corrected chi connectivity index (χ2v) is 6.26. The van der Waals surface area contributed by atoms with Gasteiger partial charge in [0.1, 0.15) is 5.75 Å². The molecule has 0 aromatic heterocycles. The van der Waals surface area contributed by atoms with Gasteiger partial charge in [-0.1, -0.05) is 0 Å². The zero-order valence-corrected chi connectivity index (χ0v) is 16.7. The highest BCUT2D eigenvalue weighted by Gasteiger charge is 2.09. The number of anilines is 1. The first-order valence-electron chi connectivity index (χ1n) is 9.19. The molecule has 2 aromatic rings. The minimum Gasteiger partial charge on any atom is -0.434 e. The Balaban J connectivity index is 1.75. The summed E-state index contributed by atoms with van der Waals surface area (Å²) in [7, 11) is 3.86. The first kappa shape index (κ1) is 21.7. The van der Waals surface area contributed by atoms with Crippen molar-refractivity contribution < 1.29 is 23.9 Å². The summed E-state index contributed by atoms with van der Waals surface area (Å²) in [4.78, 5) is 37.5. The average molecular weight is 399 g/mol. The Labute approximate surface area is 169 Å². The van der Waals surface area contributed by atoms with Crippen molar-refractivity contribution in [1.82, 2.24) is 10.6 Å². The number of carbonyl (C=O) groups excluding carboxylic acids is 3. The molecule has 0 radical (unpaired) electrons. The molecule has 0 aliphatic carbocycles. The molecule has 0 fully saturated rings. The van der Waals surface area contributed by atoms with Crippen molar-refractivity contribution in [3.63, 3.8) is 0 Å². The van der Waals surface area contributed by atoms with E-state index in [2.05, 4.69) is 15.4 Å². The highest BCUT2D eigenvalue weighted by Crippen LogP contribution is 2.13. The molecule has 0 aliphatic heterocycles. The molecule has 0 saturated heterocycles. The molecule has 0 bridgehead atoms. The molecule has 2 N–H and O–H groups in total. The Hall–Kier alpha value is -3.55. The Kier molecular flexibility index (Phi) is 8.02. The van der Waals surface area contributed by atoms with Gasteiger partial charge in [0.15, 0.2) is 0 Å². The van der Waals surface area contributed by atoms with E-state index in [1.54, 1.807) is 19.1 Å². The predicted octanol–water partition coefficient (Wildman–Crippen LogP) is 2.45. The van der Waals surface area contributed by atoms with Gasteiger partial charge in [-0.05, 0) is 55.5 Å². The number of hydrogen-bond donors (Lipinski definition) is 2. The fourth-order valence-electron chi connectivity index (χ4n) is 2.39. The summed E-state index contributed by atoms with van der Waals surface area (Å²) in [6, 6.07) is 13.3. The van der Waals surface area contributed by atoms with Crippen LogP contribution in [0.15, 0.2) is 48.5 Å². The van der Waals surface area contributed by atoms with Gasteiger partial charge >= 0.3 is 6.16 Å². The fraction of sp³-hybridized carbons (Fsp3) is 0.286. The van der Waals surface area contributed by atoms with Gasteiger partial charge in [-0.15, -0.1) is 0 Å². The number of benzene rings is 2. The summed E-state index contributed by atoms with van der Waals surface area (Å²) in [5, 5.41) is 5.48. The van der Waals surface area contributed by atoms with Crippen molar-refractivity contribution >= 4 is 23.7 Å². The van der Waals surface area contributed by atoms with E-state index in [0.717, 1.165) is 5.69 Å². The third-order valence-corrected chi connectivity index (χ3v) is 3.92. The molecule has 8 nitrogen and oxygen atoms in total. The van der Waals surface area contributed by atoms with E-state index >= 15 is 0 Å². The van der Waals surface area contributed by atoms with Crippen LogP contribution in [-0.2, 0) is 4.74 Å². The van der Waals surface area contributed by atoms with Crippen LogP contribution in [0.1, 0.15) is 27.6 Å². The van der Waals surface area contributed by atoms with Crippen LogP contribution in [0.2, 0.25) is 0 Å². The third-order valence-electron chi connectivity index (χ3n) is 3.92. The summed E-state index contributed by atoms with van der Waals surface area (Å²) in [5.41, 5.74) is 1.97. The average Bonchev–Trinajstić information content (AvgIpc) is 2.71. The van der Waals surface area contributed by atoms with Crippen LogP contribution in [0.5, 0.6) is 5.75 Å². The van der Waals surface area contributed by atoms with E-state index < -0.39 is 6.16 Å². The second-order valence-electron chi connectivity index (χ2n) is 6.26. The lowest BCUT2D eigenvalue weighted by molar-refractivity contribution is 0.0927. The number of rotatable bonds is 8. The molecule has 8 heteroatoms. The largest absolute Gasteiger partial charge is 0.513 e. The number of nitrogens with zero attached hydrogens (tertiary/aromatic N) is 1. The molecule has 29 heavy (non-hydrogen) atoms. The maximum atomic E-state index is 12.1. The minimum absolute atomic E-state index is 0.204. The van der Waals surface area contributed by atoms with Crippen molar-refractivity contribution in [3.05, 3.63) is 59.7 Å². The maximum Gasteiger partial charge on any atom is 0.513 e. The molecule has 0 aliphatic rings. The van der Waals surface area contributed by atoms with Crippen LogP contribution >= 0.6 is 0 Å². The lowest BCUT2D eigenvalue weighted by Gasteiger charge is -2.12. The number of carbonyl (C=O) groups is 3. The maximum absolute atomic E-state index is 12.1. The van der Waals surface area contributed by atoms with E-state index in [1.807, 2.05) is 31.1 Å². The van der Waals surface area contributed by atoms with Crippen molar-refractivity contribution in [1.29, 1.82) is 0 Å². The highest BCUT2D eigenvalue weighted by atomic mass is 16.7. The minimum atomic E-state index is -0.795. The Morgan fingerprint density at radius 2 is 1.31 bits per heavy atom. The van der Waals surface area contributed by atoms with Crippen LogP contribution in [0.4, 0.5) is 10.5 Å². The molecular weight excluding hydrogens is 374 g/mol. The number of amides is 2. The van der Waals surface area contributed by atoms with Crippen molar-refractivity contribution in [3.8, 4) is 5.75 Å². The summed E-state index contributed by atoms with van der Waals surface area (Å²) < 4.78 is 9.61. The third kappa shape index (κ3) is 6.84. The van der Waals surface area contributed by atoms with Gasteiger partial charge in [-0.3, -0.25) is 9.59 Å². The smallest absolute Gasteiger partial charge is 0.434 e. The lowest BCUT2D eigenvalue weighted by Crippen LogP contribution is -2.34. The van der Waals surface area contributed by atoms with Gasteiger partial charge in [0.2, 0.25) is 0 Å². The second kappa shape index (κ2) is 10.7. The summed E-state index contributed by atoms with van der Waals surface area (Å²) in [6.45, 7) is 2.47. The van der Waals surface area contributed by atoms with Crippen molar-refractivity contribution in [2.75, 3.05) is 38.7 Å². The van der Waals surface area contributed by atoms with E-state index in [9.17, 15) is 14.4 Å². The Morgan fingerprint density at radius 3 is 1.76 bits per heavy atom. The SMILES string of the molecule is CCOC(=O)Oc1ccc(C(=O)NCCNC(=O)c2ccc(N(C)C)cc2)cc1. The van der Waals surface area contributed by atoms with Crippen LogP contribution in [-0.4, -0.2) is 51.8 Å². The van der Waals surface area contributed by atoms with E-state index in [1.165, 1.54) is 24.3 Å². The quantitative estimate of drug-likeness (QED) is 0.402. The lowest BCUT2D eigenvalue weighted by atomic mass is 10.2. The normalized spacial score (nSPS) is 10.0. The molecule has 154 valence electrons. The molecular formula is C21H25N3O5. The number of hydrogen-bond acceptors (Lipinski definition) is 6. The zero-order valence-electron chi connectivity index (χ0n) is 16.7. The van der Waals surface area contributed by atoms with E-state index in [0.29, 0.717) is 17.7 Å². The monoisotopic (exact) mass is 399 g/mol. The number of ether oxygens (including phenoxy) is 2. The predicted molar refractivity (Wildman–Crippen MR) is 110 cm³/mol. The van der Waals surface area contributed by atoms with Crippen LogP contribution < -0.4 is 20.3 Å². The van der Waals surface area contributed by atoms with Crippen LogP contribution in [0.25, 0.3) is 0 Å². The summed E-state index contributed by atoms with van der Waals surface area (Å²) in [6.07, 6.45) is -0.795. The molecule has 2 aromatic carbocycles. The van der Waals surface area contributed by atoms with Gasteiger partial charge in [-0.2, -0.15) is 0 Å². The standard InChI is InChI=1S/C21H25N3O5/c1-4-28-21(27)29-18-11-7-16(8-12-18)20(26)23-14-13-22-19(25)15-5-9-17(10-6-15)24(2)3/h5-12H,4,13-14H2,1-3H3,(H,22,25)(H,23,26).